The standard InChI is InChI=1S/C13H19NO4/c1-5-10-7-14(8(3)11(10)12(15)16)9(4)13(17)18-6-2/h7,9H,5-6H2,1-4H3,(H,15,16). The lowest BCUT2D eigenvalue weighted by Crippen LogP contribution is -2.19. The van der Waals surface area contributed by atoms with Crippen LogP contribution < -0.4 is 0 Å². The molecule has 0 aromatic carbocycles. The van der Waals surface area contributed by atoms with E-state index in [1.807, 2.05) is 6.92 Å². The van der Waals surface area contributed by atoms with Crippen molar-refractivity contribution in [2.45, 2.75) is 40.2 Å². The first-order valence-electron chi connectivity index (χ1n) is 6.04. The number of nitrogens with zero attached hydrogens (tertiary/aromatic N) is 1. The van der Waals surface area contributed by atoms with Gasteiger partial charge in [-0.2, -0.15) is 0 Å². The molecule has 5 heteroatoms. The van der Waals surface area contributed by atoms with Gasteiger partial charge in [0.15, 0.2) is 0 Å². The van der Waals surface area contributed by atoms with E-state index in [1.165, 1.54) is 0 Å². The number of carbonyl (C=O) groups is 2. The molecule has 1 rings (SSSR count). The van der Waals surface area contributed by atoms with Gasteiger partial charge in [0.25, 0.3) is 0 Å². The van der Waals surface area contributed by atoms with Gasteiger partial charge in [0, 0.05) is 11.9 Å². The second-order valence-corrected chi connectivity index (χ2v) is 4.11. The van der Waals surface area contributed by atoms with Crippen LogP contribution in [0.3, 0.4) is 0 Å². The Hall–Kier alpha value is -1.78. The van der Waals surface area contributed by atoms with Crippen molar-refractivity contribution in [3.8, 4) is 0 Å². The molecule has 0 fully saturated rings. The highest BCUT2D eigenvalue weighted by Crippen LogP contribution is 2.22. The van der Waals surface area contributed by atoms with Gasteiger partial charge >= 0.3 is 11.9 Å². The van der Waals surface area contributed by atoms with Crippen LogP contribution in [0.2, 0.25) is 0 Å². The summed E-state index contributed by atoms with van der Waals surface area (Å²) in [6.07, 6.45) is 2.34. The average Bonchev–Trinajstić information content (AvgIpc) is 2.65. The summed E-state index contributed by atoms with van der Waals surface area (Å²) in [6, 6.07) is -0.511. The van der Waals surface area contributed by atoms with E-state index in [1.54, 1.807) is 31.5 Å². The van der Waals surface area contributed by atoms with Crippen LogP contribution in [0.4, 0.5) is 0 Å². The van der Waals surface area contributed by atoms with Gasteiger partial charge in [0.05, 0.1) is 12.2 Å². The molecule has 0 saturated carbocycles. The number of carbonyl (C=O) groups excluding carboxylic acids is 1. The van der Waals surface area contributed by atoms with Crippen LogP contribution in [0.5, 0.6) is 0 Å². The van der Waals surface area contributed by atoms with Crippen LogP contribution in [-0.4, -0.2) is 28.2 Å². The van der Waals surface area contributed by atoms with Gasteiger partial charge in [-0.1, -0.05) is 6.92 Å². The number of esters is 1. The van der Waals surface area contributed by atoms with E-state index in [0.29, 0.717) is 18.7 Å². The number of aromatic carboxylic acids is 1. The Balaban J connectivity index is 3.18. The van der Waals surface area contributed by atoms with E-state index in [9.17, 15) is 14.7 Å². The van der Waals surface area contributed by atoms with Gasteiger partial charge < -0.3 is 14.4 Å². The zero-order chi connectivity index (χ0) is 13.9. The number of hydrogen-bond donors (Lipinski definition) is 1. The molecule has 18 heavy (non-hydrogen) atoms. The molecule has 1 N–H and O–H groups in total. The average molecular weight is 253 g/mol. The molecule has 0 amide bonds. The fourth-order valence-electron chi connectivity index (χ4n) is 2.03. The number of hydrogen-bond acceptors (Lipinski definition) is 3. The van der Waals surface area contributed by atoms with Gasteiger partial charge in [-0.3, -0.25) is 0 Å². The number of carboxylic acids is 1. The molecule has 1 aromatic rings. The van der Waals surface area contributed by atoms with Crippen LogP contribution in [0.25, 0.3) is 0 Å². The van der Waals surface area contributed by atoms with Gasteiger partial charge in [0.1, 0.15) is 6.04 Å². The summed E-state index contributed by atoms with van der Waals surface area (Å²) in [5.74, 6) is -1.31. The van der Waals surface area contributed by atoms with E-state index in [0.717, 1.165) is 5.56 Å². The summed E-state index contributed by atoms with van der Waals surface area (Å²) in [5, 5.41) is 9.19. The minimum Gasteiger partial charge on any atom is -0.478 e. The molecular weight excluding hydrogens is 234 g/mol. The van der Waals surface area contributed by atoms with Crippen molar-refractivity contribution >= 4 is 11.9 Å². The Morgan fingerprint density at radius 1 is 1.44 bits per heavy atom. The highest BCUT2D eigenvalue weighted by molar-refractivity contribution is 5.91. The Bertz CT molecular complexity index is 462. The fraction of sp³-hybridized carbons (Fsp3) is 0.538. The monoisotopic (exact) mass is 253 g/mol. The van der Waals surface area contributed by atoms with Crippen molar-refractivity contribution < 1.29 is 19.4 Å². The molecule has 1 aromatic heterocycles. The maximum atomic E-state index is 11.7. The van der Waals surface area contributed by atoms with Gasteiger partial charge in [0.2, 0.25) is 0 Å². The van der Waals surface area contributed by atoms with E-state index < -0.39 is 12.0 Å². The largest absolute Gasteiger partial charge is 0.478 e. The lowest BCUT2D eigenvalue weighted by atomic mass is 10.1. The summed E-state index contributed by atoms with van der Waals surface area (Å²) in [4.78, 5) is 22.9. The first-order chi connectivity index (χ1) is 8.43. The van der Waals surface area contributed by atoms with Crippen molar-refractivity contribution in [1.82, 2.24) is 4.57 Å². The summed E-state index contributed by atoms with van der Waals surface area (Å²) >= 11 is 0. The molecule has 1 unspecified atom stereocenters. The van der Waals surface area contributed by atoms with Crippen molar-refractivity contribution in [2.24, 2.45) is 0 Å². The first-order valence-corrected chi connectivity index (χ1v) is 6.04. The van der Waals surface area contributed by atoms with Gasteiger partial charge in [-0.05, 0) is 32.8 Å². The van der Waals surface area contributed by atoms with Gasteiger partial charge in [-0.15, -0.1) is 0 Å². The fourth-order valence-corrected chi connectivity index (χ4v) is 2.03. The number of ether oxygens (including phenoxy) is 1. The minimum atomic E-state index is -0.959. The van der Waals surface area contributed by atoms with Crippen LogP contribution in [-0.2, 0) is 16.0 Å². The number of aromatic nitrogens is 1. The van der Waals surface area contributed by atoms with Gasteiger partial charge in [-0.25, -0.2) is 9.59 Å². The smallest absolute Gasteiger partial charge is 0.337 e. The summed E-state index contributed by atoms with van der Waals surface area (Å²) in [7, 11) is 0. The highest BCUT2D eigenvalue weighted by atomic mass is 16.5. The van der Waals surface area contributed by atoms with E-state index >= 15 is 0 Å². The minimum absolute atomic E-state index is 0.286. The molecule has 5 nitrogen and oxygen atoms in total. The third-order valence-electron chi connectivity index (χ3n) is 3.00. The first kappa shape index (κ1) is 14.3. The molecule has 0 bridgehead atoms. The lowest BCUT2D eigenvalue weighted by Gasteiger charge is -2.14. The maximum Gasteiger partial charge on any atom is 0.337 e. The molecule has 0 radical (unpaired) electrons. The van der Waals surface area contributed by atoms with Crippen LogP contribution in [0.15, 0.2) is 6.20 Å². The number of aryl methyl sites for hydroxylation is 1. The highest BCUT2D eigenvalue weighted by Gasteiger charge is 2.23. The predicted octanol–water partition coefficient (Wildman–Crippen LogP) is 2.18. The molecule has 0 saturated heterocycles. The molecule has 100 valence electrons. The van der Waals surface area contributed by atoms with Crippen molar-refractivity contribution in [2.75, 3.05) is 6.61 Å². The quantitative estimate of drug-likeness (QED) is 0.817. The summed E-state index contributed by atoms with van der Waals surface area (Å²) < 4.78 is 6.62. The van der Waals surface area contributed by atoms with Crippen molar-refractivity contribution in [1.29, 1.82) is 0 Å². The Kier molecular flexibility index (Phi) is 4.53. The van der Waals surface area contributed by atoms with Crippen molar-refractivity contribution in [3.05, 3.63) is 23.0 Å². The molecule has 1 heterocycles. The lowest BCUT2D eigenvalue weighted by molar-refractivity contribution is -0.146. The van der Waals surface area contributed by atoms with Crippen molar-refractivity contribution in [3.63, 3.8) is 0 Å². The zero-order valence-electron chi connectivity index (χ0n) is 11.2. The third kappa shape index (κ3) is 2.55. The van der Waals surface area contributed by atoms with Crippen LogP contribution in [0.1, 0.15) is 48.4 Å². The number of rotatable bonds is 5. The Labute approximate surface area is 106 Å². The second kappa shape index (κ2) is 5.71. The van der Waals surface area contributed by atoms with Crippen LogP contribution in [0, 0.1) is 6.92 Å². The zero-order valence-corrected chi connectivity index (χ0v) is 11.2. The normalized spacial score (nSPS) is 12.2. The Morgan fingerprint density at radius 3 is 2.44 bits per heavy atom. The summed E-state index contributed by atoms with van der Waals surface area (Å²) in [6.45, 7) is 7.36. The van der Waals surface area contributed by atoms with E-state index in [-0.39, 0.29) is 11.5 Å². The van der Waals surface area contributed by atoms with Crippen LogP contribution >= 0.6 is 0 Å². The molecule has 1 atom stereocenters. The molecule has 0 aliphatic heterocycles. The maximum absolute atomic E-state index is 11.7. The predicted molar refractivity (Wildman–Crippen MR) is 66.9 cm³/mol. The molecule has 0 aliphatic rings. The number of carboxylic acid groups (broad SMARTS) is 1. The van der Waals surface area contributed by atoms with E-state index in [2.05, 4.69) is 0 Å². The molecule has 0 aliphatic carbocycles. The third-order valence-corrected chi connectivity index (χ3v) is 3.00. The van der Waals surface area contributed by atoms with E-state index in [4.69, 9.17) is 4.74 Å². The summed E-state index contributed by atoms with van der Waals surface area (Å²) in [5.41, 5.74) is 1.60. The second-order valence-electron chi connectivity index (χ2n) is 4.11. The molecular formula is C13H19NO4. The Morgan fingerprint density at radius 2 is 2.06 bits per heavy atom. The SMILES string of the molecule is CCOC(=O)C(C)n1cc(CC)c(C(=O)O)c1C. The molecule has 0 spiro atoms. The topological polar surface area (TPSA) is 68.5 Å².